The van der Waals surface area contributed by atoms with Crippen LogP contribution in [0.15, 0.2) is 43.8 Å². The van der Waals surface area contributed by atoms with Gasteiger partial charge >= 0.3 is 101 Å². The first-order valence-corrected chi connectivity index (χ1v) is 7.24. The van der Waals surface area contributed by atoms with Crippen molar-refractivity contribution in [3.05, 3.63) is 43.8 Å². The number of allylic oxidation sites excluding steroid dienone is 8. The standard InChI is InChI=1S/C7H9.C7H11.Ru/c1-2-7-5-3-4-6-7;1-4-6-7(3)5-2;/h3,5H,2,4H2,1H3;4,6H,1-3H3;/b;6-4+,7-5?;. The van der Waals surface area contributed by atoms with Crippen LogP contribution in [-0.4, -0.2) is 0 Å². The molecule has 0 aromatic heterocycles. The summed E-state index contributed by atoms with van der Waals surface area (Å²) in [6.07, 6.45) is 11.3. The molecule has 0 fully saturated rings. The number of hydrogen-bond donors (Lipinski definition) is 0. The summed E-state index contributed by atoms with van der Waals surface area (Å²) in [4.78, 5) is 0. The van der Waals surface area contributed by atoms with Crippen LogP contribution >= 0.6 is 0 Å². The summed E-state index contributed by atoms with van der Waals surface area (Å²) in [5.41, 5.74) is 3.03. The summed E-state index contributed by atoms with van der Waals surface area (Å²) in [6.45, 7) is 8.84. The van der Waals surface area contributed by atoms with Gasteiger partial charge in [0.25, 0.3) is 0 Å². The van der Waals surface area contributed by atoms with Crippen LogP contribution in [0.4, 0.5) is 0 Å². The van der Waals surface area contributed by atoms with Gasteiger partial charge in [0.15, 0.2) is 0 Å². The molecule has 1 aliphatic rings. The molecule has 0 atom stereocenters. The van der Waals surface area contributed by atoms with E-state index in [4.69, 9.17) is 0 Å². The molecule has 0 unspecified atom stereocenters. The molecule has 0 N–H and O–H groups in total. The maximum absolute atomic E-state index is 2.31. The van der Waals surface area contributed by atoms with Crippen molar-refractivity contribution in [2.45, 2.75) is 40.5 Å². The molecule has 0 saturated heterocycles. The Morgan fingerprint density at radius 1 is 1.47 bits per heavy atom. The molecule has 0 nitrogen and oxygen atoms in total. The van der Waals surface area contributed by atoms with Crippen LogP contribution in [-0.2, 0) is 17.1 Å². The van der Waals surface area contributed by atoms with Gasteiger partial charge in [-0.05, 0) is 0 Å². The van der Waals surface area contributed by atoms with Gasteiger partial charge in [0.05, 0.1) is 0 Å². The molecule has 1 heteroatoms. The van der Waals surface area contributed by atoms with Crippen molar-refractivity contribution < 1.29 is 17.1 Å². The fourth-order valence-corrected chi connectivity index (χ4v) is 3.90. The van der Waals surface area contributed by atoms with Crippen molar-refractivity contribution in [2.24, 2.45) is 0 Å². The van der Waals surface area contributed by atoms with Gasteiger partial charge < -0.3 is 0 Å². The van der Waals surface area contributed by atoms with Crippen molar-refractivity contribution in [3.63, 3.8) is 0 Å². The molecule has 0 radical (unpaired) electrons. The van der Waals surface area contributed by atoms with E-state index in [-0.39, 0.29) is 0 Å². The Balaban J connectivity index is 2.75. The summed E-state index contributed by atoms with van der Waals surface area (Å²) in [6, 6.07) is 0. The van der Waals surface area contributed by atoms with Crippen molar-refractivity contribution in [1.82, 2.24) is 0 Å². The van der Waals surface area contributed by atoms with E-state index in [1.807, 2.05) is 0 Å². The normalized spacial score (nSPS) is 18.1. The Morgan fingerprint density at radius 3 is 2.80 bits per heavy atom. The van der Waals surface area contributed by atoms with Gasteiger partial charge in [-0.3, -0.25) is 0 Å². The Bertz CT molecular complexity index is 340. The average molecular weight is 289 g/mol. The van der Waals surface area contributed by atoms with Crippen LogP contribution in [0.25, 0.3) is 0 Å². The fraction of sp³-hybridized carbons (Fsp3) is 0.429. The fourth-order valence-electron chi connectivity index (χ4n) is 1.51. The second kappa shape index (κ2) is 6.23. The van der Waals surface area contributed by atoms with E-state index in [0.717, 1.165) is 0 Å². The van der Waals surface area contributed by atoms with Gasteiger partial charge in [0.1, 0.15) is 0 Å². The van der Waals surface area contributed by atoms with Crippen molar-refractivity contribution in [2.75, 3.05) is 0 Å². The van der Waals surface area contributed by atoms with E-state index in [2.05, 4.69) is 52.0 Å². The first-order valence-electron chi connectivity index (χ1n) is 5.50. The molecular formula is C14H20Ru. The van der Waals surface area contributed by atoms with Gasteiger partial charge in [-0.1, -0.05) is 0 Å². The molecule has 1 rings (SSSR count). The zero-order chi connectivity index (χ0) is 11.3. The van der Waals surface area contributed by atoms with Gasteiger partial charge in [0.2, 0.25) is 0 Å². The molecule has 0 spiro atoms. The van der Waals surface area contributed by atoms with E-state index in [1.54, 1.807) is 13.9 Å². The SMILES string of the molecule is C/C=C/C(C)=[C](\C)[Ru][C]1=C(CC)C=CC1. The van der Waals surface area contributed by atoms with Crippen LogP contribution in [0.1, 0.15) is 40.5 Å². The maximum atomic E-state index is 2.31. The first-order chi connectivity index (χ1) is 7.19. The Hall–Kier alpha value is -0.417. The average Bonchev–Trinajstić information content (AvgIpc) is 2.65. The minimum atomic E-state index is 0.294. The zero-order valence-electron chi connectivity index (χ0n) is 10.1. The molecule has 0 bridgehead atoms. The monoisotopic (exact) mass is 290 g/mol. The zero-order valence-corrected chi connectivity index (χ0v) is 11.8. The summed E-state index contributed by atoms with van der Waals surface area (Å²) in [7, 11) is 0. The summed E-state index contributed by atoms with van der Waals surface area (Å²) < 4.78 is 3.29. The van der Waals surface area contributed by atoms with E-state index in [9.17, 15) is 0 Å². The molecular weight excluding hydrogens is 269 g/mol. The first kappa shape index (κ1) is 12.7. The third kappa shape index (κ3) is 3.57. The van der Waals surface area contributed by atoms with Crippen LogP contribution in [0, 0.1) is 0 Å². The van der Waals surface area contributed by atoms with E-state index < -0.39 is 0 Å². The van der Waals surface area contributed by atoms with Crippen LogP contribution in [0.5, 0.6) is 0 Å². The van der Waals surface area contributed by atoms with E-state index in [1.165, 1.54) is 18.4 Å². The second-order valence-electron chi connectivity index (χ2n) is 3.66. The number of rotatable bonds is 4. The third-order valence-corrected chi connectivity index (χ3v) is 5.30. The predicted molar refractivity (Wildman–Crippen MR) is 64.3 cm³/mol. The van der Waals surface area contributed by atoms with Crippen LogP contribution in [0.3, 0.4) is 0 Å². The van der Waals surface area contributed by atoms with Crippen LogP contribution in [0.2, 0.25) is 0 Å². The molecule has 0 amide bonds. The minimum absolute atomic E-state index is 0.294. The topological polar surface area (TPSA) is 0 Å². The molecule has 0 saturated carbocycles. The summed E-state index contributed by atoms with van der Waals surface area (Å²) in [5, 5.41) is 0. The Morgan fingerprint density at radius 2 is 2.20 bits per heavy atom. The second-order valence-corrected chi connectivity index (χ2v) is 6.45. The van der Waals surface area contributed by atoms with Crippen molar-refractivity contribution in [3.8, 4) is 0 Å². The predicted octanol–water partition coefficient (Wildman–Crippen LogP) is 4.56. The van der Waals surface area contributed by atoms with Gasteiger partial charge in [-0.2, -0.15) is 0 Å². The van der Waals surface area contributed by atoms with Gasteiger partial charge in [0, 0.05) is 0 Å². The van der Waals surface area contributed by atoms with Crippen molar-refractivity contribution >= 4 is 0 Å². The summed E-state index contributed by atoms with van der Waals surface area (Å²) >= 11 is 0.294. The molecule has 0 aliphatic heterocycles. The molecule has 0 aromatic rings. The van der Waals surface area contributed by atoms with Crippen LogP contribution < -0.4 is 0 Å². The number of hydrogen-bond acceptors (Lipinski definition) is 0. The third-order valence-electron chi connectivity index (χ3n) is 2.52. The molecule has 0 heterocycles. The quantitative estimate of drug-likeness (QED) is 0.525. The Labute approximate surface area is 101 Å². The van der Waals surface area contributed by atoms with Gasteiger partial charge in [-0.25, -0.2) is 0 Å². The van der Waals surface area contributed by atoms with Crippen molar-refractivity contribution in [1.29, 1.82) is 0 Å². The van der Waals surface area contributed by atoms with Gasteiger partial charge in [-0.15, -0.1) is 0 Å². The van der Waals surface area contributed by atoms with E-state index >= 15 is 0 Å². The molecule has 15 heavy (non-hydrogen) atoms. The molecule has 1 aliphatic carbocycles. The summed E-state index contributed by atoms with van der Waals surface area (Å²) in [5.74, 6) is 0. The van der Waals surface area contributed by atoms with E-state index in [0.29, 0.717) is 17.1 Å². The molecule has 84 valence electrons. The Kier molecular flexibility index (Phi) is 5.25. The molecule has 0 aromatic carbocycles.